The van der Waals surface area contributed by atoms with Gasteiger partial charge in [-0.15, -0.1) is 0 Å². The van der Waals surface area contributed by atoms with E-state index in [0.29, 0.717) is 48.3 Å². The van der Waals surface area contributed by atoms with E-state index >= 15 is 0 Å². The van der Waals surface area contributed by atoms with Crippen molar-refractivity contribution in [2.24, 2.45) is 23.7 Å². The van der Waals surface area contributed by atoms with Crippen LogP contribution in [0, 0.1) is 23.7 Å². The monoisotopic (exact) mass is 498 g/mol. The van der Waals surface area contributed by atoms with Crippen LogP contribution in [0.25, 0.3) is 0 Å². The maximum absolute atomic E-state index is 13.0. The number of esters is 2. The predicted octanol–water partition coefficient (Wildman–Crippen LogP) is 5.50. The van der Waals surface area contributed by atoms with Crippen molar-refractivity contribution in [3.63, 3.8) is 0 Å². The average Bonchev–Trinajstić information content (AvgIpc) is 3.51. The van der Waals surface area contributed by atoms with Crippen molar-refractivity contribution < 1.29 is 27.9 Å². The van der Waals surface area contributed by atoms with Gasteiger partial charge in [0, 0.05) is 24.0 Å². The molecule has 8 heteroatoms. The van der Waals surface area contributed by atoms with E-state index in [0.717, 1.165) is 0 Å². The summed E-state index contributed by atoms with van der Waals surface area (Å²) in [6.45, 7) is 11.8. The summed E-state index contributed by atoms with van der Waals surface area (Å²) in [7, 11) is 0. The number of nitrogens with zero attached hydrogens (tertiary/aromatic N) is 2. The first-order chi connectivity index (χ1) is 17.1. The molecular weight excluding hydrogens is 460 g/mol. The van der Waals surface area contributed by atoms with Gasteiger partial charge in [0.15, 0.2) is 12.8 Å². The number of hydrogen-bond acceptors (Lipinski definition) is 8. The number of carbonyl (C=O) groups excluding carboxylic acids is 2. The van der Waals surface area contributed by atoms with Crippen molar-refractivity contribution in [1.82, 2.24) is 9.97 Å². The van der Waals surface area contributed by atoms with Crippen LogP contribution in [0.2, 0.25) is 0 Å². The zero-order valence-corrected chi connectivity index (χ0v) is 22.1. The molecule has 36 heavy (non-hydrogen) atoms. The Hall–Kier alpha value is -3.16. The van der Waals surface area contributed by atoms with E-state index in [1.54, 1.807) is 26.2 Å². The molecule has 6 atom stereocenters. The Morgan fingerprint density at radius 1 is 0.722 bits per heavy atom. The van der Waals surface area contributed by atoms with Gasteiger partial charge in [-0.2, -0.15) is 0 Å². The van der Waals surface area contributed by atoms with Crippen LogP contribution >= 0.6 is 0 Å². The number of aromatic nitrogens is 2. The van der Waals surface area contributed by atoms with Crippen molar-refractivity contribution in [3.05, 3.63) is 60.0 Å². The van der Waals surface area contributed by atoms with E-state index in [4.69, 9.17) is 18.3 Å². The largest absolute Gasteiger partial charge is 0.458 e. The number of allylic oxidation sites excluding steroid dienone is 2. The van der Waals surface area contributed by atoms with Crippen molar-refractivity contribution in [2.45, 2.75) is 79.4 Å². The summed E-state index contributed by atoms with van der Waals surface area (Å²) in [6.07, 6.45) is 11.4. The van der Waals surface area contributed by atoms with Crippen LogP contribution in [0.15, 0.2) is 57.3 Å². The molecule has 0 spiro atoms. The molecule has 0 saturated carbocycles. The highest BCUT2D eigenvalue weighted by Gasteiger charge is 2.28. The highest BCUT2D eigenvalue weighted by Crippen LogP contribution is 2.27. The topological polar surface area (TPSA) is 105 Å². The van der Waals surface area contributed by atoms with Gasteiger partial charge in [-0.05, 0) is 50.4 Å². The van der Waals surface area contributed by atoms with Crippen LogP contribution in [-0.4, -0.2) is 34.1 Å². The molecule has 0 amide bonds. The zero-order chi connectivity index (χ0) is 26.2. The highest BCUT2D eigenvalue weighted by atomic mass is 16.5. The standard InChI is InChI=1S/C28H38N2O6/c1-17-7-19(3)25(11-23-13-29-15-33-23)35-28(32)22(6)10-18(2)8-20(4)26(12-24-14-30-16-34-24)36-27(31)21(5)9-17/h9-10,13-20,25-26H,7-8,11-12H2,1-6H3/b21-9-,22-10-/t17-,18-,19+,20+,25+,26+/m0/s1. The van der Waals surface area contributed by atoms with Gasteiger partial charge in [-0.3, -0.25) is 0 Å². The summed E-state index contributed by atoms with van der Waals surface area (Å²) >= 11 is 0. The van der Waals surface area contributed by atoms with Gasteiger partial charge in [0.05, 0.1) is 12.4 Å². The van der Waals surface area contributed by atoms with Crippen LogP contribution in [0.1, 0.15) is 65.9 Å². The fourth-order valence-corrected chi connectivity index (χ4v) is 4.86. The lowest BCUT2D eigenvalue weighted by Gasteiger charge is -2.27. The maximum Gasteiger partial charge on any atom is 0.333 e. The Bertz CT molecular complexity index is 956. The van der Waals surface area contributed by atoms with Crippen molar-refractivity contribution in [2.75, 3.05) is 0 Å². The van der Waals surface area contributed by atoms with Gasteiger partial charge in [0.25, 0.3) is 0 Å². The summed E-state index contributed by atoms with van der Waals surface area (Å²) in [6, 6.07) is 0. The molecule has 1 aliphatic rings. The Kier molecular flexibility index (Phi) is 9.67. The van der Waals surface area contributed by atoms with Crippen molar-refractivity contribution in [3.8, 4) is 0 Å². The fraction of sp³-hybridized carbons (Fsp3) is 0.571. The molecule has 0 saturated heterocycles. The van der Waals surface area contributed by atoms with Gasteiger partial charge in [-0.1, -0.05) is 39.8 Å². The third kappa shape index (κ3) is 7.93. The summed E-state index contributed by atoms with van der Waals surface area (Å²) in [5.74, 6) is 0.843. The van der Waals surface area contributed by atoms with Gasteiger partial charge >= 0.3 is 11.9 Å². The first-order valence-corrected chi connectivity index (χ1v) is 12.7. The third-order valence-corrected chi connectivity index (χ3v) is 6.76. The number of ether oxygens (including phenoxy) is 2. The van der Waals surface area contributed by atoms with Crippen LogP contribution < -0.4 is 0 Å². The quantitative estimate of drug-likeness (QED) is 0.509. The minimum Gasteiger partial charge on any atom is -0.458 e. The smallest absolute Gasteiger partial charge is 0.333 e. The van der Waals surface area contributed by atoms with Crippen LogP contribution in [0.5, 0.6) is 0 Å². The van der Waals surface area contributed by atoms with Gasteiger partial charge in [0.1, 0.15) is 23.7 Å². The second kappa shape index (κ2) is 12.7. The summed E-state index contributed by atoms with van der Waals surface area (Å²) in [5.41, 5.74) is 1.12. The zero-order valence-electron chi connectivity index (χ0n) is 22.1. The van der Waals surface area contributed by atoms with Crippen LogP contribution in [-0.2, 0) is 31.9 Å². The second-order valence-corrected chi connectivity index (χ2v) is 10.3. The second-order valence-electron chi connectivity index (χ2n) is 10.3. The van der Waals surface area contributed by atoms with E-state index in [1.807, 2.05) is 39.8 Å². The molecule has 0 radical (unpaired) electrons. The van der Waals surface area contributed by atoms with E-state index in [9.17, 15) is 9.59 Å². The molecule has 8 nitrogen and oxygen atoms in total. The summed E-state index contributed by atoms with van der Waals surface area (Å²) < 4.78 is 22.8. The van der Waals surface area contributed by atoms with Gasteiger partial charge < -0.3 is 18.3 Å². The molecule has 0 aliphatic carbocycles. The fourth-order valence-electron chi connectivity index (χ4n) is 4.86. The molecule has 0 fully saturated rings. The number of cyclic esters (lactones) is 2. The summed E-state index contributed by atoms with van der Waals surface area (Å²) in [5, 5.41) is 0. The molecule has 3 rings (SSSR count). The molecule has 0 N–H and O–H groups in total. The molecular formula is C28H38N2O6. The lowest BCUT2D eigenvalue weighted by atomic mass is 9.88. The Morgan fingerprint density at radius 3 is 1.44 bits per heavy atom. The number of carbonyl (C=O) groups is 2. The van der Waals surface area contributed by atoms with Crippen molar-refractivity contribution >= 4 is 11.9 Å². The van der Waals surface area contributed by atoms with E-state index in [2.05, 4.69) is 9.97 Å². The van der Waals surface area contributed by atoms with E-state index in [-0.39, 0.29) is 47.8 Å². The Labute approximate surface area is 213 Å². The average molecular weight is 499 g/mol. The third-order valence-electron chi connectivity index (χ3n) is 6.76. The maximum atomic E-state index is 13.0. The van der Waals surface area contributed by atoms with E-state index in [1.165, 1.54) is 12.8 Å². The van der Waals surface area contributed by atoms with Crippen LogP contribution in [0.3, 0.4) is 0 Å². The first kappa shape index (κ1) is 27.4. The number of rotatable bonds is 4. The lowest BCUT2D eigenvalue weighted by Crippen LogP contribution is -2.30. The highest BCUT2D eigenvalue weighted by molar-refractivity contribution is 5.88. The van der Waals surface area contributed by atoms with Gasteiger partial charge in [-0.25, -0.2) is 19.6 Å². The lowest BCUT2D eigenvalue weighted by molar-refractivity contribution is -0.147. The minimum atomic E-state index is -0.384. The molecule has 196 valence electrons. The normalized spacial score (nSPS) is 32.1. The molecule has 0 aromatic carbocycles. The number of oxazole rings is 2. The van der Waals surface area contributed by atoms with E-state index < -0.39 is 0 Å². The molecule has 3 heterocycles. The molecule has 0 unspecified atom stereocenters. The molecule has 2 aromatic rings. The van der Waals surface area contributed by atoms with Crippen molar-refractivity contribution in [1.29, 1.82) is 0 Å². The molecule has 0 bridgehead atoms. The Morgan fingerprint density at radius 2 is 1.11 bits per heavy atom. The predicted molar refractivity (Wildman–Crippen MR) is 134 cm³/mol. The molecule has 1 aliphatic heterocycles. The summed E-state index contributed by atoms with van der Waals surface area (Å²) in [4.78, 5) is 34.0. The number of hydrogen-bond donors (Lipinski definition) is 0. The molecule has 2 aromatic heterocycles. The Balaban J connectivity index is 1.87. The first-order valence-electron chi connectivity index (χ1n) is 12.7. The van der Waals surface area contributed by atoms with Gasteiger partial charge in [0.2, 0.25) is 0 Å². The minimum absolute atomic E-state index is 0.0199. The van der Waals surface area contributed by atoms with Crippen LogP contribution in [0.4, 0.5) is 0 Å². The SMILES string of the molecule is C/C1=C/[C@@H](C)C[C@@H](C)[C@@H](Cc2cnco2)OC(=O)/C(C)=C\[C@@H](C)C[C@@H](C)[C@@H](Cc2cnco2)OC1=O.